The van der Waals surface area contributed by atoms with E-state index in [1.807, 2.05) is 6.92 Å². The molecule has 0 radical (unpaired) electrons. The predicted molar refractivity (Wildman–Crippen MR) is 71.8 cm³/mol. The van der Waals surface area contributed by atoms with E-state index in [-0.39, 0.29) is 18.6 Å². The summed E-state index contributed by atoms with van der Waals surface area (Å²) in [5, 5.41) is 11.4. The van der Waals surface area contributed by atoms with E-state index in [1.54, 1.807) is 6.92 Å². The number of carboxylic acid groups (broad SMARTS) is 1. The van der Waals surface area contributed by atoms with Crippen molar-refractivity contribution in [2.24, 2.45) is 5.92 Å². The first-order chi connectivity index (χ1) is 9.04. The smallest absolute Gasteiger partial charge is 0.308 e. The molecular weight excluding hydrogens is 246 g/mol. The van der Waals surface area contributed by atoms with Crippen LogP contribution in [0.1, 0.15) is 52.4 Å². The number of hydrogen-bond donors (Lipinski definition) is 2. The second kappa shape index (κ2) is 8.15. The second-order valence-corrected chi connectivity index (χ2v) is 5.28. The lowest BCUT2D eigenvalue weighted by Gasteiger charge is -2.26. The summed E-state index contributed by atoms with van der Waals surface area (Å²) in [4.78, 5) is 22.6. The Morgan fingerprint density at radius 1 is 1.32 bits per heavy atom. The fraction of sp³-hybridized carbons (Fsp3) is 0.857. The molecule has 1 aliphatic carbocycles. The van der Waals surface area contributed by atoms with Gasteiger partial charge in [-0.1, -0.05) is 33.1 Å². The number of nitrogens with one attached hydrogen (secondary N) is 1. The van der Waals surface area contributed by atoms with Crippen LogP contribution in [0.2, 0.25) is 0 Å². The summed E-state index contributed by atoms with van der Waals surface area (Å²) < 4.78 is 5.84. The third-order valence-corrected chi connectivity index (χ3v) is 3.58. The molecule has 2 N–H and O–H groups in total. The zero-order valence-corrected chi connectivity index (χ0v) is 11.9. The summed E-state index contributed by atoms with van der Waals surface area (Å²) in [5.41, 5.74) is 0. The van der Waals surface area contributed by atoms with E-state index in [0.717, 1.165) is 12.8 Å². The molecule has 2 atom stereocenters. The normalized spacial score (nSPS) is 19.7. The van der Waals surface area contributed by atoms with Crippen molar-refractivity contribution in [1.82, 2.24) is 5.32 Å². The van der Waals surface area contributed by atoms with Crippen LogP contribution in [0, 0.1) is 5.92 Å². The Morgan fingerprint density at radius 3 is 2.47 bits per heavy atom. The van der Waals surface area contributed by atoms with Gasteiger partial charge in [0.25, 0.3) is 0 Å². The second-order valence-electron chi connectivity index (χ2n) is 5.28. The highest BCUT2D eigenvalue weighted by molar-refractivity contribution is 5.81. The Bertz CT molecular complexity index is 300. The summed E-state index contributed by atoms with van der Waals surface area (Å²) in [5.74, 6) is -1.67. The molecule has 0 aromatic carbocycles. The number of aliphatic carboxylic acids is 1. The van der Waals surface area contributed by atoms with Gasteiger partial charge < -0.3 is 15.2 Å². The van der Waals surface area contributed by atoms with E-state index in [9.17, 15) is 9.59 Å². The van der Waals surface area contributed by atoms with E-state index in [2.05, 4.69) is 5.32 Å². The monoisotopic (exact) mass is 271 g/mol. The van der Waals surface area contributed by atoms with Crippen LogP contribution in [0.3, 0.4) is 0 Å². The van der Waals surface area contributed by atoms with E-state index >= 15 is 0 Å². The van der Waals surface area contributed by atoms with E-state index in [4.69, 9.17) is 9.84 Å². The molecule has 1 aliphatic rings. The minimum atomic E-state index is -0.901. The van der Waals surface area contributed by atoms with Crippen LogP contribution in [0.4, 0.5) is 0 Å². The SMILES string of the molecule is CCC(OC1CCCCC1)C(=O)NCC(C)C(=O)O. The molecule has 0 aromatic heterocycles. The van der Waals surface area contributed by atoms with Crippen LogP contribution < -0.4 is 5.32 Å². The summed E-state index contributed by atoms with van der Waals surface area (Å²) in [6.07, 6.45) is 5.97. The molecule has 1 fully saturated rings. The topological polar surface area (TPSA) is 75.6 Å². The first-order valence-electron chi connectivity index (χ1n) is 7.20. The van der Waals surface area contributed by atoms with Crippen LogP contribution >= 0.6 is 0 Å². The highest BCUT2D eigenvalue weighted by Crippen LogP contribution is 2.22. The van der Waals surface area contributed by atoms with Gasteiger partial charge >= 0.3 is 5.97 Å². The molecule has 1 saturated carbocycles. The standard InChI is InChI=1S/C14H25NO4/c1-3-12(19-11-7-5-4-6-8-11)13(16)15-9-10(2)14(17)18/h10-12H,3-9H2,1-2H3,(H,15,16)(H,17,18). The van der Waals surface area contributed by atoms with Crippen molar-refractivity contribution in [2.75, 3.05) is 6.54 Å². The average molecular weight is 271 g/mol. The molecule has 1 rings (SSSR count). The van der Waals surface area contributed by atoms with Crippen molar-refractivity contribution in [3.8, 4) is 0 Å². The van der Waals surface area contributed by atoms with Crippen molar-refractivity contribution in [1.29, 1.82) is 0 Å². The highest BCUT2D eigenvalue weighted by atomic mass is 16.5. The van der Waals surface area contributed by atoms with Gasteiger partial charge in [0.1, 0.15) is 6.10 Å². The lowest BCUT2D eigenvalue weighted by atomic mass is 9.97. The number of amides is 1. The molecule has 0 aromatic rings. The highest BCUT2D eigenvalue weighted by Gasteiger charge is 2.24. The first-order valence-corrected chi connectivity index (χ1v) is 7.20. The van der Waals surface area contributed by atoms with E-state index < -0.39 is 18.0 Å². The van der Waals surface area contributed by atoms with Gasteiger partial charge in [0.15, 0.2) is 0 Å². The zero-order valence-electron chi connectivity index (χ0n) is 11.9. The van der Waals surface area contributed by atoms with Crippen molar-refractivity contribution in [2.45, 2.75) is 64.6 Å². The Kier molecular flexibility index (Phi) is 6.84. The molecule has 5 nitrogen and oxygen atoms in total. The molecule has 0 bridgehead atoms. The van der Waals surface area contributed by atoms with E-state index in [1.165, 1.54) is 19.3 Å². The molecule has 5 heteroatoms. The Morgan fingerprint density at radius 2 is 1.95 bits per heavy atom. The fourth-order valence-corrected chi connectivity index (χ4v) is 2.23. The number of hydrogen-bond acceptors (Lipinski definition) is 3. The van der Waals surface area contributed by atoms with Gasteiger partial charge in [0, 0.05) is 6.54 Å². The van der Waals surface area contributed by atoms with Crippen molar-refractivity contribution >= 4 is 11.9 Å². The van der Waals surface area contributed by atoms with Gasteiger partial charge in [-0.3, -0.25) is 9.59 Å². The number of ether oxygens (including phenoxy) is 1. The predicted octanol–water partition coefficient (Wildman–Crippen LogP) is 1.95. The molecule has 110 valence electrons. The maximum Gasteiger partial charge on any atom is 0.308 e. The molecule has 0 spiro atoms. The largest absolute Gasteiger partial charge is 0.481 e. The molecule has 1 amide bonds. The zero-order chi connectivity index (χ0) is 14.3. The maximum atomic E-state index is 11.9. The van der Waals surface area contributed by atoms with Gasteiger partial charge in [0.2, 0.25) is 5.91 Å². The van der Waals surface area contributed by atoms with E-state index in [0.29, 0.717) is 6.42 Å². The van der Waals surface area contributed by atoms with Crippen LogP contribution in [-0.4, -0.2) is 35.7 Å². The quantitative estimate of drug-likeness (QED) is 0.742. The Labute approximate surface area is 114 Å². The third-order valence-electron chi connectivity index (χ3n) is 3.58. The van der Waals surface area contributed by atoms with Gasteiger partial charge in [-0.05, 0) is 19.3 Å². The van der Waals surface area contributed by atoms with Gasteiger partial charge in [0.05, 0.1) is 12.0 Å². The summed E-state index contributed by atoms with van der Waals surface area (Å²) in [7, 11) is 0. The van der Waals surface area contributed by atoms with Gasteiger partial charge in [-0.25, -0.2) is 0 Å². The molecule has 0 heterocycles. The average Bonchev–Trinajstić information content (AvgIpc) is 2.42. The summed E-state index contributed by atoms with van der Waals surface area (Å²) in [6.45, 7) is 3.64. The number of carboxylic acids is 1. The molecule has 2 unspecified atom stereocenters. The molecule has 19 heavy (non-hydrogen) atoms. The first kappa shape index (κ1) is 16.0. The summed E-state index contributed by atoms with van der Waals surface area (Å²) in [6, 6.07) is 0. The van der Waals surface area contributed by atoms with Crippen molar-refractivity contribution < 1.29 is 19.4 Å². The van der Waals surface area contributed by atoms with Gasteiger partial charge in [-0.2, -0.15) is 0 Å². The van der Waals surface area contributed by atoms with Crippen LogP contribution in [0.25, 0.3) is 0 Å². The minimum Gasteiger partial charge on any atom is -0.481 e. The van der Waals surface area contributed by atoms with Crippen molar-refractivity contribution in [3.63, 3.8) is 0 Å². The Hall–Kier alpha value is -1.10. The maximum absolute atomic E-state index is 11.9. The minimum absolute atomic E-state index is 0.151. The molecular formula is C14H25NO4. The lowest BCUT2D eigenvalue weighted by Crippen LogP contribution is -2.41. The summed E-state index contributed by atoms with van der Waals surface area (Å²) >= 11 is 0. The number of carbonyl (C=O) groups is 2. The van der Waals surface area contributed by atoms with Crippen LogP contribution in [0.15, 0.2) is 0 Å². The van der Waals surface area contributed by atoms with Gasteiger partial charge in [-0.15, -0.1) is 0 Å². The Balaban J connectivity index is 2.36. The number of carbonyl (C=O) groups excluding carboxylic acids is 1. The lowest BCUT2D eigenvalue weighted by molar-refractivity contribution is -0.142. The van der Waals surface area contributed by atoms with Crippen LogP contribution in [0.5, 0.6) is 0 Å². The van der Waals surface area contributed by atoms with Crippen LogP contribution in [-0.2, 0) is 14.3 Å². The molecule has 0 saturated heterocycles. The molecule has 0 aliphatic heterocycles. The fourth-order valence-electron chi connectivity index (χ4n) is 2.23. The van der Waals surface area contributed by atoms with Crippen molar-refractivity contribution in [3.05, 3.63) is 0 Å². The number of rotatable bonds is 7. The third kappa shape index (κ3) is 5.59.